The summed E-state index contributed by atoms with van der Waals surface area (Å²) in [5.41, 5.74) is -0.995. The van der Waals surface area contributed by atoms with E-state index in [2.05, 4.69) is 29.4 Å². The molecule has 1 aromatic heterocycles. The third-order valence-corrected chi connectivity index (χ3v) is 5.25. The van der Waals surface area contributed by atoms with E-state index >= 15 is 0 Å². The number of nitrogens with zero attached hydrogens (tertiary/aromatic N) is 1. The molecule has 1 aromatic rings. The summed E-state index contributed by atoms with van der Waals surface area (Å²) in [6.07, 6.45) is -0.0415. The van der Waals surface area contributed by atoms with Crippen molar-refractivity contribution in [1.29, 1.82) is 0 Å². The minimum absolute atomic E-state index is 0.0415. The van der Waals surface area contributed by atoms with Crippen LogP contribution >= 0.6 is 11.3 Å². The summed E-state index contributed by atoms with van der Waals surface area (Å²) in [5.74, 6) is -0.436. The molecule has 0 aromatic carbocycles. The van der Waals surface area contributed by atoms with Crippen LogP contribution in [0, 0.1) is 0 Å². The largest absolute Gasteiger partial charge is 0.378 e. The van der Waals surface area contributed by atoms with Crippen LogP contribution in [0.2, 0.25) is 0 Å². The van der Waals surface area contributed by atoms with Crippen LogP contribution in [-0.4, -0.2) is 60.6 Å². The molecule has 2 heterocycles. The first-order valence-electron chi connectivity index (χ1n) is 8.18. The van der Waals surface area contributed by atoms with Gasteiger partial charge in [0.15, 0.2) is 0 Å². The van der Waals surface area contributed by atoms with Gasteiger partial charge in [0.05, 0.1) is 17.0 Å². The van der Waals surface area contributed by atoms with E-state index in [9.17, 15) is 9.59 Å². The predicted octanol–water partition coefficient (Wildman–Crippen LogP) is 1.48. The van der Waals surface area contributed by atoms with Crippen LogP contribution in [0.5, 0.6) is 0 Å². The Balaban J connectivity index is 1.98. The van der Waals surface area contributed by atoms with Gasteiger partial charge in [0, 0.05) is 26.2 Å². The van der Waals surface area contributed by atoms with E-state index in [0.29, 0.717) is 10.9 Å². The van der Waals surface area contributed by atoms with Crippen LogP contribution < -0.4 is 10.6 Å². The van der Waals surface area contributed by atoms with Gasteiger partial charge in [-0.2, -0.15) is 0 Å². The number of carbonyl (C=O) groups is 2. The van der Waals surface area contributed by atoms with E-state index in [-0.39, 0.29) is 24.0 Å². The van der Waals surface area contributed by atoms with Crippen LogP contribution in [0.3, 0.4) is 0 Å². The number of amides is 2. The van der Waals surface area contributed by atoms with Crippen LogP contribution in [0.25, 0.3) is 0 Å². The molecule has 2 unspecified atom stereocenters. The molecule has 0 radical (unpaired) electrons. The van der Waals surface area contributed by atoms with Gasteiger partial charge in [-0.05, 0) is 39.1 Å². The lowest BCUT2D eigenvalue weighted by Crippen LogP contribution is -2.58. The van der Waals surface area contributed by atoms with E-state index in [1.165, 1.54) is 11.3 Å². The minimum atomic E-state index is -0.995. The molecule has 1 saturated heterocycles. The first-order chi connectivity index (χ1) is 11.2. The molecule has 134 valence electrons. The fourth-order valence-corrected chi connectivity index (χ4v) is 3.38. The molecule has 2 N–H and O–H groups in total. The highest BCUT2D eigenvalue weighted by Gasteiger charge is 2.38. The Morgan fingerprint density at radius 3 is 2.62 bits per heavy atom. The normalized spacial score (nSPS) is 21.9. The summed E-state index contributed by atoms with van der Waals surface area (Å²) in [7, 11) is 1.66. The molecule has 2 rings (SSSR count). The lowest BCUT2D eigenvalue weighted by molar-refractivity contribution is -0.127. The smallest absolute Gasteiger partial charge is 0.262 e. The van der Waals surface area contributed by atoms with Crippen LogP contribution in [-0.2, 0) is 9.53 Å². The Hall–Kier alpha value is -1.44. The van der Waals surface area contributed by atoms with Gasteiger partial charge in [0.2, 0.25) is 5.91 Å². The number of carbonyl (C=O) groups excluding carboxylic acids is 2. The number of hydrogen-bond acceptors (Lipinski definition) is 5. The maximum Gasteiger partial charge on any atom is 0.262 e. The third kappa shape index (κ3) is 4.34. The number of rotatable bonds is 6. The van der Waals surface area contributed by atoms with Gasteiger partial charge < -0.3 is 15.4 Å². The Morgan fingerprint density at radius 2 is 2.08 bits per heavy atom. The summed E-state index contributed by atoms with van der Waals surface area (Å²) in [6, 6.07) is 3.88. The van der Waals surface area contributed by atoms with E-state index in [4.69, 9.17) is 4.74 Å². The van der Waals surface area contributed by atoms with Crippen LogP contribution in [0.15, 0.2) is 17.5 Å². The van der Waals surface area contributed by atoms with Crippen molar-refractivity contribution in [1.82, 2.24) is 15.5 Å². The lowest BCUT2D eigenvalue weighted by atomic mass is 10.0. The third-order valence-electron chi connectivity index (χ3n) is 4.38. The second-order valence-corrected chi connectivity index (χ2v) is 7.91. The number of nitrogens with one attached hydrogen (secondary N) is 2. The van der Waals surface area contributed by atoms with Gasteiger partial charge in [-0.15, -0.1) is 11.3 Å². The van der Waals surface area contributed by atoms with Crippen molar-refractivity contribution in [3.8, 4) is 0 Å². The molecule has 0 saturated carbocycles. The average Bonchev–Trinajstić information content (AvgIpc) is 3.16. The van der Waals surface area contributed by atoms with Crippen molar-refractivity contribution in [2.24, 2.45) is 0 Å². The van der Waals surface area contributed by atoms with Gasteiger partial charge in [0.25, 0.3) is 5.91 Å². The van der Waals surface area contributed by atoms with Crippen molar-refractivity contribution in [3.05, 3.63) is 22.4 Å². The van der Waals surface area contributed by atoms with Crippen LogP contribution in [0.4, 0.5) is 0 Å². The number of ether oxygens (including phenoxy) is 1. The predicted molar refractivity (Wildman–Crippen MR) is 95.3 cm³/mol. The van der Waals surface area contributed by atoms with Crippen LogP contribution in [0.1, 0.15) is 37.4 Å². The summed E-state index contributed by atoms with van der Waals surface area (Å²) in [6.45, 7) is 9.22. The molecular formula is C17H27N3O3S. The highest BCUT2D eigenvalue weighted by atomic mass is 32.1. The quantitative estimate of drug-likeness (QED) is 0.813. The Bertz CT molecular complexity index is 572. The molecular weight excluding hydrogens is 326 g/mol. The summed E-state index contributed by atoms with van der Waals surface area (Å²) < 4.78 is 5.52. The molecule has 24 heavy (non-hydrogen) atoms. The zero-order valence-electron chi connectivity index (χ0n) is 15.0. The molecule has 2 amide bonds. The molecule has 7 heteroatoms. The first-order valence-corrected chi connectivity index (χ1v) is 9.06. The average molecular weight is 353 g/mol. The van der Waals surface area contributed by atoms with E-state index in [1.54, 1.807) is 27.0 Å². The van der Waals surface area contributed by atoms with E-state index < -0.39 is 5.54 Å². The fraction of sp³-hybridized carbons (Fsp3) is 0.647. The highest BCUT2D eigenvalue weighted by molar-refractivity contribution is 7.12. The van der Waals surface area contributed by atoms with Gasteiger partial charge in [-0.25, -0.2) is 0 Å². The minimum Gasteiger partial charge on any atom is -0.378 e. The summed E-state index contributed by atoms with van der Waals surface area (Å²) in [4.78, 5) is 27.7. The van der Waals surface area contributed by atoms with Gasteiger partial charge in [-0.1, -0.05) is 6.07 Å². The molecule has 0 spiro atoms. The maximum absolute atomic E-state index is 12.7. The zero-order valence-corrected chi connectivity index (χ0v) is 15.8. The summed E-state index contributed by atoms with van der Waals surface area (Å²) in [5, 5.41) is 7.68. The van der Waals surface area contributed by atoms with Gasteiger partial charge in [-0.3, -0.25) is 14.5 Å². The fourth-order valence-electron chi connectivity index (χ4n) is 2.76. The van der Waals surface area contributed by atoms with Crippen molar-refractivity contribution in [2.45, 2.75) is 51.4 Å². The number of likely N-dealkylation sites (tertiary alicyclic amines) is 1. The second-order valence-electron chi connectivity index (χ2n) is 6.96. The SMILES string of the molecule is COC1CN(C(C)C)CC1NC(=O)C(C)(C)NC(=O)c1cccs1. The maximum atomic E-state index is 12.7. The van der Waals surface area contributed by atoms with E-state index in [1.807, 2.05) is 11.4 Å². The monoisotopic (exact) mass is 353 g/mol. The van der Waals surface area contributed by atoms with E-state index in [0.717, 1.165) is 13.1 Å². The van der Waals surface area contributed by atoms with Crippen molar-refractivity contribution < 1.29 is 14.3 Å². The molecule has 1 aliphatic rings. The number of methoxy groups -OCH3 is 1. The van der Waals surface area contributed by atoms with Gasteiger partial charge in [0.1, 0.15) is 5.54 Å². The summed E-state index contributed by atoms with van der Waals surface area (Å²) >= 11 is 1.35. The molecule has 0 bridgehead atoms. The molecule has 6 nitrogen and oxygen atoms in total. The Morgan fingerprint density at radius 1 is 1.38 bits per heavy atom. The second kappa shape index (κ2) is 7.63. The van der Waals surface area contributed by atoms with Crippen molar-refractivity contribution >= 4 is 23.2 Å². The molecule has 2 atom stereocenters. The standard InChI is InChI=1S/C17H27N3O3S/c1-11(2)20-9-12(13(10-20)23-5)18-16(22)17(3,4)19-15(21)14-7-6-8-24-14/h6-8,11-13H,9-10H2,1-5H3,(H,18,22)(H,19,21). The van der Waals surface area contributed by atoms with Crippen molar-refractivity contribution in [3.63, 3.8) is 0 Å². The molecule has 1 fully saturated rings. The molecule has 1 aliphatic heterocycles. The van der Waals surface area contributed by atoms with Gasteiger partial charge >= 0.3 is 0 Å². The topological polar surface area (TPSA) is 70.7 Å². The Kier molecular flexibility index (Phi) is 6.01. The number of thiophene rings is 1. The first kappa shape index (κ1) is 18.9. The zero-order chi connectivity index (χ0) is 17.9. The highest BCUT2D eigenvalue weighted by Crippen LogP contribution is 2.17. The molecule has 0 aliphatic carbocycles. The van der Waals surface area contributed by atoms with Crippen molar-refractivity contribution in [2.75, 3.05) is 20.2 Å². The Labute approximate surface area is 147 Å². The number of hydrogen-bond donors (Lipinski definition) is 2. The lowest BCUT2D eigenvalue weighted by Gasteiger charge is -2.28.